The van der Waals surface area contributed by atoms with Gasteiger partial charge in [-0.1, -0.05) is 28.2 Å². The van der Waals surface area contributed by atoms with E-state index in [2.05, 4.69) is 25.6 Å². The molecule has 2 N–H and O–H groups in total. The topological polar surface area (TPSA) is 88.5 Å². The van der Waals surface area contributed by atoms with E-state index < -0.39 is 0 Å². The summed E-state index contributed by atoms with van der Waals surface area (Å²) in [4.78, 5) is 20.1. The van der Waals surface area contributed by atoms with Crippen LogP contribution in [0.15, 0.2) is 35.4 Å². The second-order valence-electron chi connectivity index (χ2n) is 7.45. The number of anilines is 1. The quantitative estimate of drug-likeness (QED) is 0.487. The summed E-state index contributed by atoms with van der Waals surface area (Å²) in [7, 11) is 0. The third-order valence-electron chi connectivity index (χ3n) is 5.24. The summed E-state index contributed by atoms with van der Waals surface area (Å²) in [6.45, 7) is 3.88. The Labute approximate surface area is 175 Å². The summed E-state index contributed by atoms with van der Waals surface area (Å²) in [6.07, 6.45) is 5.77. The molecule has 3 heterocycles. The number of hydrogen-bond donors (Lipinski definition) is 2. The van der Waals surface area contributed by atoms with Crippen LogP contribution in [0.2, 0.25) is 5.02 Å². The van der Waals surface area contributed by atoms with E-state index in [-0.39, 0.29) is 11.6 Å². The Hall–Kier alpha value is -2.71. The molecule has 1 atom stereocenters. The first-order valence-electron chi connectivity index (χ1n) is 9.46. The molecule has 0 amide bonds. The fraction of sp³-hybridized carbons (Fsp3) is 0.300. The van der Waals surface area contributed by atoms with E-state index in [4.69, 9.17) is 11.6 Å². The third kappa shape index (κ3) is 3.42. The van der Waals surface area contributed by atoms with Gasteiger partial charge in [0.25, 0.3) is 5.56 Å². The van der Waals surface area contributed by atoms with Crippen molar-refractivity contribution in [1.82, 2.24) is 25.0 Å². The number of aromatic nitrogens is 5. The van der Waals surface area contributed by atoms with Gasteiger partial charge in [0.2, 0.25) is 0 Å². The Bertz CT molecular complexity index is 1270. The number of nitrogens with zero attached hydrogens (tertiary/aromatic N) is 4. The van der Waals surface area contributed by atoms with Crippen LogP contribution in [-0.2, 0) is 0 Å². The van der Waals surface area contributed by atoms with Crippen molar-refractivity contribution < 1.29 is 0 Å². The van der Waals surface area contributed by atoms with E-state index in [1.807, 2.05) is 32.0 Å². The van der Waals surface area contributed by atoms with E-state index in [1.54, 1.807) is 17.1 Å². The lowest BCUT2D eigenvalue weighted by Crippen LogP contribution is -2.19. The number of hydrogen-bond acceptors (Lipinski definition) is 6. The smallest absolute Gasteiger partial charge is 0.253 e. The van der Waals surface area contributed by atoms with Gasteiger partial charge in [-0.3, -0.25) is 4.79 Å². The van der Waals surface area contributed by atoms with Crippen LogP contribution in [0.3, 0.4) is 0 Å². The molecular formula is C20H19ClN6OS. The van der Waals surface area contributed by atoms with E-state index in [0.29, 0.717) is 16.6 Å². The number of pyridine rings is 1. The van der Waals surface area contributed by atoms with Crippen LogP contribution < -0.4 is 10.9 Å². The van der Waals surface area contributed by atoms with Gasteiger partial charge < -0.3 is 10.3 Å². The molecule has 7 nitrogen and oxygen atoms in total. The lowest BCUT2D eigenvalue weighted by atomic mass is 10.0. The summed E-state index contributed by atoms with van der Waals surface area (Å²) < 4.78 is 1.73. The summed E-state index contributed by atoms with van der Waals surface area (Å²) in [6, 6.07) is 5.66. The van der Waals surface area contributed by atoms with E-state index in [1.165, 1.54) is 24.2 Å². The Kier molecular flexibility index (Phi) is 4.40. The molecule has 148 valence electrons. The fourth-order valence-corrected chi connectivity index (χ4v) is 4.72. The van der Waals surface area contributed by atoms with Crippen molar-refractivity contribution >= 4 is 39.0 Å². The van der Waals surface area contributed by atoms with Crippen molar-refractivity contribution in [2.75, 3.05) is 5.32 Å². The highest BCUT2D eigenvalue weighted by atomic mass is 35.5. The minimum atomic E-state index is -0.221. The second-order valence-corrected chi connectivity index (χ2v) is 8.86. The zero-order chi connectivity index (χ0) is 20.1. The lowest BCUT2D eigenvalue weighted by Gasteiger charge is -2.14. The van der Waals surface area contributed by atoms with Crippen LogP contribution in [-0.4, -0.2) is 25.0 Å². The number of fused-ring (bicyclic) bond motifs is 1. The Morgan fingerprint density at radius 3 is 2.86 bits per heavy atom. The van der Waals surface area contributed by atoms with Crippen molar-refractivity contribution in [3.63, 3.8) is 0 Å². The maximum absolute atomic E-state index is 12.7. The fourth-order valence-electron chi connectivity index (χ4n) is 3.49. The predicted molar refractivity (Wildman–Crippen MR) is 115 cm³/mol. The van der Waals surface area contributed by atoms with Crippen LogP contribution in [0.4, 0.5) is 5.13 Å². The second kappa shape index (κ2) is 6.96. The van der Waals surface area contributed by atoms with Gasteiger partial charge in [0.15, 0.2) is 5.13 Å². The highest BCUT2D eigenvalue weighted by Gasteiger charge is 2.26. The molecule has 29 heavy (non-hydrogen) atoms. The minimum Gasteiger partial charge on any atom is -0.355 e. The van der Waals surface area contributed by atoms with E-state index in [9.17, 15) is 4.79 Å². The third-order valence-corrected chi connectivity index (χ3v) is 6.47. The van der Waals surface area contributed by atoms with Crippen molar-refractivity contribution in [3.8, 4) is 5.00 Å². The van der Waals surface area contributed by atoms with Gasteiger partial charge in [-0.25, -0.2) is 9.67 Å². The molecule has 4 aromatic rings. The number of halogens is 1. The average molecular weight is 427 g/mol. The molecule has 0 bridgehead atoms. The molecule has 1 fully saturated rings. The highest BCUT2D eigenvalue weighted by Crippen LogP contribution is 2.44. The largest absolute Gasteiger partial charge is 0.355 e. The summed E-state index contributed by atoms with van der Waals surface area (Å²) in [5.74, 6) is 0.531. The Morgan fingerprint density at radius 1 is 1.31 bits per heavy atom. The molecule has 1 aliphatic rings. The molecule has 0 unspecified atom stereocenters. The normalized spacial score (nSPS) is 15.0. The van der Waals surface area contributed by atoms with Gasteiger partial charge in [0, 0.05) is 21.5 Å². The first kappa shape index (κ1) is 18.3. The zero-order valence-corrected chi connectivity index (χ0v) is 17.5. The first-order chi connectivity index (χ1) is 14.0. The van der Waals surface area contributed by atoms with Gasteiger partial charge in [0.1, 0.15) is 5.00 Å². The number of thiazole rings is 1. The SMILES string of the molecule is Cc1cnnn1-c1cnc(N[C@@H](C)c2cc3cc(Cl)c(C4CC4)cc3[nH]c2=O)s1. The number of rotatable bonds is 5. The molecule has 1 aliphatic carbocycles. The maximum atomic E-state index is 12.7. The molecular weight excluding hydrogens is 408 g/mol. The highest BCUT2D eigenvalue weighted by molar-refractivity contribution is 7.17. The van der Waals surface area contributed by atoms with Crippen LogP contribution in [0.1, 0.15) is 48.5 Å². The van der Waals surface area contributed by atoms with Gasteiger partial charge in [0.05, 0.1) is 24.1 Å². The van der Waals surface area contributed by atoms with Crippen LogP contribution in [0.25, 0.3) is 15.9 Å². The minimum absolute atomic E-state index is 0.106. The van der Waals surface area contributed by atoms with Crippen molar-refractivity contribution in [2.24, 2.45) is 0 Å². The van der Waals surface area contributed by atoms with Crippen molar-refractivity contribution in [2.45, 2.75) is 38.6 Å². The molecule has 0 radical (unpaired) electrons. The molecule has 1 aromatic carbocycles. The summed E-state index contributed by atoms with van der Waals surface area (Å²) in [5.41, 5.74) is 3.43. The molecule has 3 aromatic heterocycles. The maximum Gasteiger partial charge on any atom is 0.253 e. The standard InChI is InChI=1S/C20H19ClN6OS/c1-10-8-23-26-27(10)18-9-22-20(29-18)24-11(2)14-5-13-6-16(21)15(12-3-4-12)7-17(13)25-19(14)28/h5-9,11-12H,3-4H2,1-2H3,(H,22,24)(H,25,28)/t11-/m0/s1. The molecule has 0 saturated heterocycles. The Balaban J connectivity index is 1.43. The van der Waals surface area contributed by atoms with E-state index >= 15 is 0 Å². The van der Waals surface area contributed by atoms with E-state index in [0.717, 1.165) is 32.2 Å². The van der Waals surface area contributed by atoms with Crippen LogP contribution >= 0.6 is 22.9 Å². The van der Waals surface area contributed by atoms with Crippen LogP contribution in [0.5, 0.6) is 0 Å². The average Bonchev–Trinajstić information content (AvgIpc) is 3.28. The number of aryl methyl sites for hydroxylation is 1. The zero-order valence-electron chi connectivity index (χ0n) is 15.9. The van der Waals surface area contributed by atoms with Gasteiger partial charge >= 0.3 is 0 Å². The number of benzene rings is 1. The molecule has 1 saturated carbocycles. The molecule has 0 aliphatic heterocycles. The predicted octanol–water partition coefficient (Wildman–Crippen LogP) is 4.58. The first-order valence-corrected chi connectivity index (χ1v) is 10.7. The number of aromatic amines is 1. The van der Waals surface area contributed by atoms with Gasteiger partial charge in [-0.2, -0.15) is 0 Å². The monoisotopic (exact) mass is 426 g/mol. The molecule has 9 heteroatoms. The summed E-state index contributed by atoms with van der Waals surface area (Å²) in [5, 5.41) is 14.5. The molecule has 0 spiro atoms. The molecule has 5 rings (SSSR count). The summed E-state index contributed by atoms with van der Waals surface area (Å²) >= 11 is 7.93. The lowest BCUT2D eigenvalue weighted by molar-refractivity contribution is 0.795. The van der Waals surface area contributed by atoms with Crippen LogP contribution in [0, 0.1) is 6.92 Å². The number of H-pyrrole nitrogens is 1. The van der Waals surface area contributed by atoms with Gasteiger partial charge in [-0.05, 0) is 56.4 Å². The Morgan fingerprint density at radius 2 is 2.14 bits per heavy atom. The van der Waals surface area contributed by atoms with Gasteiger partial charge in [-0.15, -0.1) is 5.10 Å². The van der Waals surface area contributed by atoms with Crippen molar-refractivity contribution in [3.05, 3.63) is 62.8 Å². The number of nitrogens with one attached hydrogen (secondary N) is 2. The van der Waals surface area contributed by atoms with Crippen molar-refractivity contribution in [1.29, 1.82) is 0 Å².